The molecule has 5 heterocycles. The zero-order chi connectivity index (χ0) is 23.2. The second kappa shape index (κ2) is 7.98. The Labute approximate surface area is 192 Å². The Morgan fingerprint density at radius 3 is 2.68 bits per heavy atom. The predicted octanol–water partition coefficient (Wildman–Crippen LogP) is 4.74. The van der Waals surface area contributed by atoms with Gasteiger partial charge in [0.1, 0.15) is 23.1 Å². The molecule has 34 heavy (non-hydrogen) atoms. The maximum Gasteiger partial charge on any atom is 0.212 e. The number of rotatable bonds is 4. The molecule has 0 amide bonds. The van der Waals surface area contributed by atoms with Crippen molar-refractivity contribution in [2.24, 2.45) is 0 Å². The van der Waals surface area contributed by atoms with E-state index >= 15 is 0 Å². The summed E-state index contributed by atoms with van der Waals surface area (Å²) in [6.07, 6.45) is 9.88. The van der Waals surface area contributed by atoms with Crippen molar-refractivity contribution in [2.75, 3.05) is 11.4 Å². The van der Waals surface area contributed by atoms with Crippen molar-refractivity contribution in [2.45, 2.75) is 18.9 Å². The molecule has 7 nitrogen and oxygen atoms in total. The predicted molar refractivity (Wildman–Crippen MR) is 119 cm³/mol. The van der Waals surface area contributed by atoms with Crippen LogP contribution < -0.4 is 4.90 Å². The topological polar surface area (TPSA) is 64.1 Å². The summed E-state index contributed by atoms with van der Waals surface area (Å²) in [6, 6.07) is 7.99. The van der Waals surface area contributed by atoms with E-state index in [1.165, 1.54) is 24.4 Å². The SMILES string of the molecule is Fc1ccc(F)c([C@H]2CCCN2c2ccn3ncc(-n4cc(-c5ccc(F)nc5)cn4)c3n2)c1. The maximum atomic E-state index is 14.5. The number of hydrogen-bond donors (Lipinski definition) is 0. The van der Waals surface area contributed by atoms with Crippen LogP contribution in [0.1, 0.15) is 24.4 Å². The van der Waals surface area contributed by atoms with Gasteiger partial charge in [0.05, 0.1) is 18.4 Å². The monoisotopic (exact) mass is 461 g/mol. The number of aromatic nitrogens is 6. The third kappa shape index (κ3) is 3.47. The average molecular weight is 461 g/mol. The average Bonchev–Trinajstić information content (AvgIpc) is 3.60. The fourth-order valence-electron chi connectivity index (χ4n) is 4.45. The Hall–Kier alpha value is -4.21. The molecule has 0 spiro atoms. The van der Waals surface area contributed by atoms with E-state index in [0.29, 0.717) is 35.7 Å². The molecule has 170 valence electrons. The van der Waals surface area contributed by atoms with Crippen LogP contribution in [-0.2, 0) is 0 Å². The van der Waals surface area contributed by atoms with Gasteiger partial charge in [-0.2, -0.15) is 14.6 Å². The second-order valence-electron chi connectivity index (χ2n) is 8.14. The number of fused-ring (bicyclic) bond motifs is 1. The molecule has 0 unspecified atom stereocenters. The lowest BCUT2D eigenvalue weighted by atomic mass is 10.0. The van der Waals surface area contributed by atoms with Crippen molar-refractivity contribution < 1.29 is 13.2 Å². The summed E-state index contributed by atoms with van der Waals surface area (Å²) in [7, 11) is 0. The van der Waals surface area contributed by atoms with Crippen molar-refractivity contribution in [3.05, 3.63) is 90.5 Å². The molecule has 0 bridgehead atoms. The third-order valence-corrected chi connectivity index (χ3v) is 6.09. The Morgan fingerprint density at radius 2 is 1.82 bits per heavy atom. The number of pyridine rings is 1. The van der Waals surface area contributed by atoms with Gasteiger partial charge in [0.15, 0.2) is 5.65 Å². The van der Waals surface area contributed by atoms with E-state index in [4.69, 9.17) is 4.98 Å². The second-order valence-corrected chi connectivity index (χ2v) is 8.14. The van der Waals surface area contributed by atoms with Gasteiger partial charge in [-0.1, -0.05) is 0 Å². The van der Waals surface area contributed by atoms with Crippen LogP contribution in [0.15, 0.2) is 67.4 Å². The van der Waals surface area contributed by atoms with Gasteiger partial charge in [-0.3, -0.25) is 0 Å². The lowest BCUT2D eigenvalue weighted by molar-refractivity contribution is 0.560. The van der Waals surface area contributed by atoms with E-state index in [1.807, 2.05) is 11.0 Å². The van der Waals surface area contributed by atoms with Crippen molar-refractivity contribution in [1.82, 2.24) is 29.4 Å². The molecule has 5 aromatic rings. The van der Waals surface area contributed by atoms with Gasteiger partial charge < -0.3 is 4.90 Å². The van der Waals surface area contributed by atoms with Crippen LogP contribution in [0.2, 0.25) is 0 Å². The molecule has 10 heteroatoms. The highest BCUT2D eigenvalue weighted by molar-refractivity contribution is 5.65. The smallest absolute Gasteiger partial charge is 0.212 e. The van der Waals surface area contributed by atoms with Crippen LogP contribution in [0, 0.1) is 17.6 Å². The van der Waals surface area contributed by atoms with Crippen molar-refractivity contribution in [3.8, 4) is 16.8 Å². The molecule has 6 rings (SSSR count). The zero-order valence-corrected chi connectivity index (χ0v) is 17.8. The number of nitrogens with zero attached hydrogens (tertiary/aromatic N) is 7. The molecule has 4 aromatic heterocycles. The van der Waals surface area contributed by atoms with E-state index in [2.05, 4.69) is 15.2 Å². The van der Waals surface area contributed by atoms with E-state index in [0.717, 1.165) is 23.6 Å². The van der Waals surface area contributed by atoms with Gasteiger partial charge >= 0.3 is 0 Å². The summed E-state index contributed by atoms with van der Waals surface area (Å²) in [6.45, 7) is 0.677. The Morgan fingerprint density at radius 1 is 0.912 bits per heavy atom. The first kappa shape index (κ1) is 20.4. The summed E-state index contributed by atoms with van der Waals surface area (Å²) in [4.78, 5) is 10.5. The van der Waals surface area contributed by atoms with Gasteiger partial charge in [-0.05, 0) is 49.2 Å². The molecule has 1 aliphatic heterocycles. The van der Waals surface area contributed by atoms with Crippen LogP contribution in [-0.4, -0.2) is 35.9 Å². The first-order valence-electron chi connectivity index (χ1n) is 10.8. The van der Waals surface area contributed by atoms with Gasteiger partial charge in [-0.25, -0.2) is 27.9 Å². The van der Waals surface area contributed by atoms with Crippen molar-refractivity contribution in [1.29, 1.82) is 0 Å². The minimum absolute atomic E-state index is 0.306. The van der Waals surface area contributed by atoms with Gasteiger partial charge in [0, 0.05) is 41.8 Å². The van der Waals surface area contributed by atoms with Crippen LogP contribution in [0.3, 0.4) is 0 Å². The van der Waals surface area contributed by atoms with E-state index in [1.54, 1.807) is 40.1 Å². The normalized spacial score (nSPS) is 16.0. The van der Waals surface area contributed by atoms with Gasteiger partial charge in [0.25, 0.3) is 0 Å². The van der Waals surface area contributed by atoms with Crippen LogP contribution in [0.25, 0.3) is 22.5 Å². The van der Waals surface area contributed by atoms with E-state index < -0.39 is 17.6 Å². The zero-order valence-electron chi connectivity index (χ0n) is 17.8. The molecule has 1 saturated heterocycles. The molecule has 1 aliphatic rings. The summed E-state index contributed by atoms with van der Waals surface area (Å²) < 4.78 is 44.8. The molecule has 0 radical (unpaired) electrons. The minimum atomic E-state index is -0.547. The summed E-state index contributed by atoms with van der Waals surface area (Å²) in [5, 5.41) is 8.78. The highest BCUT2D eigenvalue weighted by Crippen LogP contribution is 2.37. The molecule has 0 aliphatic carbocycles. The Kier molecular flexibility index (Phi) is 4.79. The molecule has 1 atom stereocenters. The highest BCUT2D eigenvalue weighted by Gasteiger charge is 2.30. The first-order chi connectivity index (χ1) is 16.6. The van der Waals surface area contributed by atoms with E-state index in [9.17, 15) is 13.2 Å². The number of hydrogen-bond acceptors (Lipinski definition) is 5. The quantitative estimate of drug-likeness (QED) is 0.362. The molecule has 1 aromatic carbocycles. The number of anilines is 1. The standard InChI is InChI=1S/C24H18F3N7/c25-17-4-5-19(26)18(10-17)20-2-1-8-32(20)23-7-9-33-24(31-23)21(13-30-33)34-14-16(12-29-34)15-3-6-22(27)28-11-15/h3-7,9-14,20H,1-2,8H2/t20-/m1/s1. The maximum absolute atomic E-state index is 14.5. The number of benzene rings is 1. The third-order valence-electron chi connectivity index (χ3n) is 6.09. The fourth-order valence-corrected chi connectivity index (χ4v) is 4.45. The van der Waals surface area contributed by atoms with Gasteiger partial charge in [0.2, 0.25) is 5.95 Å². The summed E-state index contributed by atoms with van der Waals surface area (Å²) in [5.41, 5.74) is 3.04. The Bertz CT molecular complexity index is 1490. The fraction of sp³-hybridized carbons (Fsp3) is 0.167. The summed E-state index contributed by atoms with van der Waals surface area (Å²) in [5.74, 6) is -0.788. The largest absolute Gasteiger partial charge is 0.349 e. The molecule has 1 fully saturated rings. The Balaban J connectivity index is 1.37. The molecule has 0 N–H and O–H groups in total. The molecular weight excluding hydrogens is 443 g/mol. The highest BCUT2D eigenvalue weighted by atomic mass is 19.1. The van der Waals surface area contributed by atoms with Crippen molar-refractivity contribution >= 4 is 11.5 Å². The summed E-state index contributed by atoms with van der Waals surface area (Å²) >= 11 is 0. The minimum Gasteiger partial charge on any atom is -0.349 e. The van der Waals surface area contributed by atoms with Crippen molar-refractivity contribution in [3.63, 3.8) is 0 Å². The lowest BCUT2D eigenvalue weighted by Crippen LogP contribution is -2.24. The van der Waals surface area contributed by atoms with Crippen LogP contribution in [0.5, 0.6) is 0 Å². The van der Waals surface area contributed by atoms with E-state index in [-0.39, 0.29) is 6.04 Å². The molecular formula is C24H18F3N7. The molecule has 0 saturated carbocycles. The van der Waals surface area contributed by atoms with Crippen LogP contribution in [0.4, 0.5) is 19.0 Å². The number of halogens is 3. The van der Waals surface area contributed by atoms with Gasteiger partial charge in [-0.15, -0.1) is 0 Å². The lowest BCUT2D eigenvalue weighted by Gasteiger charge is -2.26. The van der Waals surface area contributed by atoms with Crippen LogP contribution >= 0.6 is 0 Å². The first-order valence-corrected chi connectivity index (χ1v) is 10.8.